The van der Waals surface area contributed by atoms with Gasteiger partial charge in [0.05, 0.1) is 0 Å². The van der Waals surface area contributed by atoms with Crippen LogP contribution in [0.2, 0.25) is 0 Å². The average molecular weight is 227 g/mol. The van der Waals surface area contributed by atoms with Crippen LogP contribution < -0.4 is 0 Å². The fraction of sp³-hybridized carbons (Fsp3) is 0.400. The molecule has 1 N–H and O–H groups in total. The Bertz CT molecular complexity index is 272. The van der Waals surface area contributed by atoms with Crippen molar-refractivity contribution in [1.82, 2.24) is 0 Å². The van der Waals surface area contributed by atoms with Crippen LogP contribution in [0.5, 0.6) is 5.75 Å². The highest BCUT2D eigenvalue weighted by Gasteiger charge is 2.21. The Morgan fingerprint density at radius 1 is 1.33 bits per heavy atom. The Labute approximate surface area is 80.5 Å². The molecule has 0 spiro atoms. The predicted molar refractivity (Wildman–Crippen MR) is 52.2 cm³/mol. The van der Waals surface area contributed by atoms with Crippen molar-refractivity contribution in [2.45, 2.75) is 19.3 Å². The van der Waals surface area contributed by atoms with E-state index in [1.54, 1.807) is 6.07 Å². The van der Waals surface area contributed by atoms with Gasteiger partial charge in [-0.3, -0.25) is 0 Å². The third kappa shape index (κ3) is 2.01. The summed E-state index contributed by atoms with van der Waals surface area (Å²) in [6.45, 7) is 0. The summed E-state index contributed by atoms with van der Waals surface area (Å²) in [5.41, 5.74) is 1.24. The van der Waals surface area contributed by atoms with Crippen LogP contribution in [0.15, 0.2) is 22.7 Å². The lowest BCUT2D eigenvalue weighted by molar-refractivity contribution is 0.474. The first-order valence-electron chi connectivity index (χ1n) is 4.22. The zero-order valence-electron chi connectivity index (χ0n) is 6.76. The highest BCUT2D eigenvalue weighted by Crippen LogP contribution is 2.34. The van der Waals surface area contributed by atoms with Crippen LogP contribution in [0.25, 0.3) is 0 Å². The summed E-state index contributed by atoms with van der Waals surface area (Å²) in [5, 5.41) is 9.30. The van der Waals surface area contributed by atoms with Crippen LogP contribution in [0.3, 0.4) is 0 Å². The van der Waals surface area contributed by atoms with E-state index in [1.165, 1.54) is 18.4 Å². The van der Waals surface area contributed by atoms with Gasteiger partial charge in [-0.1, -0.05) is 15.9 Å². The van der Waals surface area contributed by atoms with Crippen molar-refractivity contribution in [1.29, 1.82) is 0 Å². The standard InChI is InChI=1S/C10H11BrO/c11-9-4-8(3-7-1-2-7)5-10(12)6-9/h4-7,12H,1-3H2. The third-order valence-electron chi connectivity index (χ3n) is 2.16. The van der Waals surface area contributed by atoms with Crippen LogP contribution in [0, 0.1) is 5.92 Å². The first kappa shape index (κ1) is 8.11. The molecule has 0 saturated heterocycles. The summed E-state index contributed by atoms with van der Waals surface area (Å²) in [6.07, 6.45) is 3.83. The van der Waals surface area contributed by atoms with Crippen LogP contribution in [-0.2, 0) is 6.42 Å². The minimum atomic E-state index is 0.361. The molecule has 64 valence electrons. The normalized spacial score (nSPS) is 16.4. The summed E-state index contributed by atoms with van der Waals surface area (Å²) in [5.74, 6) is 1.23. The molecule has 0 radical (unpaired) electrons. The average Bonchev–Trinajstić information content (AvgIpc) is 2.68. The number of rotatable bonds is 2. The number of halogens is 1. The summed E-state index contributed by atoms with van der Waals surface area (Å²) in [6, 6.07) is 5.65. The fourth-order valence-electron chi connectivity index (χ4n) is 1.41. The van der Waals surface area contributed by atoms with Crippen LogP contribution >= 0.6 is 15.9 Å². The minimum Gasteiger partial charge on any atom is -0.508 e. The molecule has 1 nitrogen and oxygen atoms in total. The van der Waals surface area contributed by atoms with E-state index in [9.17, 15) is 5.11 Å². The smallest absolute Gasteiger partial charge is 0.116 e. The first-order valence-corrected chi connectivity index (χ1v) is 5.02. The van der Waals surface area contributed by atoms with E-state index in [2.05, 4.69) is 22.0 Å². The van der Waals surface area contributed by atoms with E-state index in [-0.39, 0.29) is 0 Å². The maximum atomic E-state index is 9.30. The molecule has 0 amide bonds. The van der Waals surface area contributed by atoms with Crippen LogP contribution in [-0.4, -0.2) is 5.11 Å². The molecule has 0 bridgehead atoms. The quantitative estimate of drug-likeness (QED) is 0.822. The van der Waals surface area contributed by atoms with Crippen LogP contribution in [0.4, 0.5) is 0 Å². The molecule has 1 aliphatic rings. The largest absolute Gasteiger partial charge is 0.508 e. The maximum Gasteiger partial charge on any atom is 0.116 e. The molecular formula is C10H11BrO. The molecule has 0 heterocycles. The Kier molecular flexibility index (Phi) is 2.09. The number of benzene rings is 1. The van der Waals surface area contributed by atoms with Gasteiger partial charge in [-0.2, -0.15) is 0 Å². The Hall–Kier alpha value is -0.500. The Balaban J connectivity index is 2.18. The van der Waals surface area contributed by atoms with Gasteiger partial charge < -0.3 is 5.11 Å². The van der Waals surface area contributed by atoms with Crippen molar-refractivity contribution >= 4 is 15.9 Å². The molecule has 0 unspecified atom stereocenters. The van der Waals surface area contributed by atoms with E-state index in [0.29, 0.717) is 5.75 Å². The van der Waals surface area contributed by atoms with Gasteiger partial charge in [0.15, 0.2) is 0 Å². The lowest BCUT2D eigenvalue weighted by Crippen LogP contribution is -1.86. The number of phenols is 1. The van der Waals surface area contributed by atoms with Crippen molar-refractivity contribution in [3.8, 4) is 5.75 Å². The molecule has 1 aliphatic carbocycles. The van der Waals surface area contributed by atoms with Gasteiger partial charge in [0.2, 0.25) is 0 Å². The van der Waals surface area contributed by atoms with Gasteiger partial charge in [-0.25, -0.2) is 0 Å². The second kappa shape index (κ2) is 3.09. The zero-order valence-corrected chi connectivity index (χ0v) is 8.34. The second-order valence-corrected chi connectivity index (χ2v) is 4.38. The lowest BCUT2D eigenvalue weighted by Gasteiger charge is -2.01. The Morgan fingerprint density at radius 3 is 2.67 bits per heavy atom. The fourth-order valence-corrected chi connectivity index (χ4v) is 1.94. The summed E-state index contributed by atoms with van der Waals surface area (Å²) >= 11 is 3.36. The maximum absolute atomic E-state index is 9.30. The van der Waals surface area contributed by atoms with Gasteiger partial charge in [0.25, 0.3) is 0 Å². The first-order chi connectivity index (χ1) is 5.74. The van der Waals surface area contributed by atoms with Gasteiger partial charge >= 0.3 is 0 Å². The van der Waals surface area contributed by atoms with Gasteiger partial charge in [0, 0.05) is 4.47 Å². The number of aromatic hydroxyl groups is 1. The van der Waals surface area contributed by atoms with E-state index in [1.807, 2.05) is 6.07 Å². The molecule has 1 aromatic carbocycles. The van der Waals surface area contributed by atoms with Gasteiger partial charge in [-0.05, 0) is 48.9 Å². The molecule has 12 heavy (non-hydrogen) atoms. The topological polar surface area (TPSA) is 20.2 Å². The van der Waals surface area contributed by atoms with Crippen molar-refractivity contribution in [2.75, 3.05) is 0 Å². The molecule has 2 heteroatoms. The van der Waals surface area contributed by atoms with E-state index in [4.69, 9.17) is 0 Å². The third-order valence-corrected chi connectivity index (χ3v) is 2.62. The lowest BCUT2D eigenvalue weighted by atomic mass is 10.1. The van der Waals surface area contributed by atoms with Crippen molar-refractivity contribution in [3.63, 3.8) is 0 Å². The highest BCUT2D eigenvalue weighted by atomic mass is 79.9. The van der Waals surface area contributed by atoms with E-state index < -0.39 is 0 Å². The summed E-state index contributed by atoms with van der Waals surface area (Å²) < 4.78 is 0.971. The van der Waals surface area contributed by atoms with Crippen LogP contribution in [0.1, 0.15) is 18.4 Å². The number of phenolic OH excluding ortho intramolecular Hbond substituents is 1. The molecule has 0 aromatic heterocycles. The van der Waals surface area contributed by atoms with Crippen molar-refractivity contribution in [2.24, 2.45) is 5.92 Å². The van der Waals surface area contributed by atoms with E-state index in [0.717, 1.165) is 16.8 Å². The second-order valence-electron chi connectivity index (χ2n) is 3.47. The SMILES string of the molecule is Oc1cc(Br)cc(CC2CC2)c1. The molecule has 2 rings (SSSR count). The number of hydrogen-bond donors (Lipinski definition) is 1. The monoisotopic (exact) mass is 226 g/mol. The van der Waals surface area contributed by atoms with Gasteiger partial charge in [0.1, 0.15) is 5.75 Å². The molecule has 0 aliphatic heterocycles. The highest BCUT2D eigenvalue weighted by molar-refractivity contribution is 9.10. The van der Waals surface area contributed by atoms with Gasteiger partial charge in [-0.15, -0.1) is 0 Å². The molecule has 1 aromatic rings. The number of hydrogen-bond acceptors (Lipinski definition) is 1. The van der Waals surface area contributed by atoms with Crippen molar-refractivity contribution < 1.29 is 5.11 Å². The Morgan fingerprint density at radius 2 is 2.08 bits per heavy atom. The predicted octanol–water partition coefficient (Wildman–Crippen LogP) is 3.11. The summed E-state index contributed by atoms with van der Waals surface area (Å²) in [4.78, 5) is 0. The minimum absolute atomic E-state index is 0.361. The van der Waals surface area contributed by atoms with E-state index >= 15 is 0 Å². The molecular weight excluding hydrogens is 216 g/mol. The molecule has 1 saturated carbocycles. The van der Waals surface area contributed by atoms with Crippen molar-refractivity contribution in [3.05, 3.63) is 28.2 Å². The molecule has 1 fully saturated rings. The summed E-state index contributed by atoms with van der Waals surface area (Å²) in [7, 11) is 0. The zero-order chi connectivity index (χ0) is 8.55. The molecule has 0 atom stereocenters.